The van der Waals surface area contributed by atoms with Gasteiger partial charge in [0.25, 0.3) is 0 Å². The number of nitro groups is 1. The number of rotatable bonds is 10. The van der Waals surface area contributed by atoms with Crippen LogP contribution in [0.1, 0.15) is 47.6 Å². The van der Waals surface area contributed by atoms with Crippen LogP contribution in [-0.2, 0) is 14.8 Å². The van der Waals surface area contributed by atoms with Gasteiger partial charge in [-0.3, -0.25) is 14.9 Å². The Labute approximate surface area is 193 Å². The maximum Gasteiger partial charge on any atom is 0.312 e. The highest BCUT2D eigenvalue weighted by atomic mass is 32.2. The fourth-order valence-electron chi connectivity index (χ4n) is 4.27. The van der Waals surface area contributed by atoms with E-state index in [-0.39, 0.29) is 22.5 Å². The Morgan fingerprint density at radius 2 is 1.88 bits per heavy atom. The number of nitrogens with zero attached hydrogens (tertiary/aromatic N) is 3. The van der Waals surface area contributed by atoms with Crippen LogP contribution in [0.2, 0.25) is 0 Å². The largest absolute Gasteiger partial charge is 0.478 e. The van der Waals surface area contributed by atoms with Crippen molar-refractivity contribution in [3.05, 3.63) is 51.3 Å². The highest BCUT2D eigenvalue weighted by molar-refractivity contribution is 7.89. The molecule has 0 N–H and O–H groups in total. The number of benzene rings is 1. The van der Waals surface area contributed by atoms with Crippen LogP contribution in [0.4, 0.5) is 5.69 Å². The van der Waals surface area contributed by atoms with Crippen molar-refractivity contribution in [2.75, 3.05) is 33.4 Å². The second kappa shape index (κ2) is 10.0. The van der Waals surface area contributed by atoms with Crippen LogP contribution in [0.15, 0.2) is 29.2 Å². The molecule has 11 heteroatoms. The van der Waals surface area contributed by atoms with Crippen LogP contribution in [0.5, 0.6) is 5.75 Å². The van der Waals surface area contributed by atoms with Gasteiger partial charge in [0.2, 0.25) is 15.8 Å². The van der Waals surface area contributed by atoms with E-state index in [9.17, 15) is 23.3 Å². The van der Waals surface area contributed by atoms with E-state index in [4.69, 9.17) is 9.47 Å². The minimum absolute atomic E-state index is 0.0312. The Kier molecular flexibility index (Phi) is 7.55. The summed E-state index contributed by atoms with van der Waals surface area (Å²) >= 11 is 0. The number of methoxy groups -OCH3 is 1. The quantitative estimate of drug-likeness (QED) is 0.291. The van der Waals surface area contributed by atoms with Crippen molar-refractivity contribution in [3.8, 4) is 5.75 Å². The fourth-order valence-corrected chi connectivity index (χ4v) is 5.81. The summed E-state index contributed by atoms with van der Waals surface area (Å²) in [5.41, 5.74) is 1.61. The van der Waals surface area contributed by atoms with E-state index >= 15 is 0 Å². The molecule has 1 aromatic carbocycles. The first-order chi connectivity index (χ1) is 15.6. The zero-order chi connectivity index (χ0) is 24.3. The van der Waals surface area contributed by atoms with Gasteiger partial charge in [-0.2, -0.15) is 4.31 Å². The highest BCUT2D eigenvalue weighted by Gasteiger charge is 2.30. The summed E-state index contributed by atoms with van der Waals surface area (Å²) in [5.74, 6) is -0.489. The molecule has 0 amide bonds. The molecule has 1 fully saturated rings. The number of aryl methyl sites for hydroxylation is 1. The van der Waals surface area contributed by atoms with Gasteiger partial charge in [0.1, 0.15) is 0 Å². The number of aromatic nitrogens is 1. The van der Waals surface area contributed by atoms with Gasteiger partial charge in [-0.15, -0.1) is 0 Å². The topological polar surface area (TPSA) is 121 Å². The number of hydrogen-bond donors (Lipinski definition) is 0. The van der Waals surface area contributed by atoms with E-state index in [0.29, 0.717) is 25.3 Å². The van der Waals surface area contributed by atoms with Crippen molar-refractivity contribution >= 4 is 21.5 Å². The first kappa shape index (κ1) is 24.9. The normalized spacial score (nSPS) is 15.5. The minimum Gasteiger partial charge on any atom is -0.478 e. The third kappa shape index (κ3) is 5.10. The maximum absolute atomic E-state index is 12.8. The zero-order valence-corrected chi connectivity index (χ0v) is 20.1. The molecule has 1 aliphatic rings. The molecule has 0 aliphatic carbocycles. The number of carbonyl (C=O) groups is 1. The monoisotopic (exact) mass is 479 g/mol. The minimum atomic E-state index is -3.81. The fraction of sp³-hybridized carbons (Fsp3) is 0.500. The lowest BCUT2D eigenvalue weighted by Gasteiger charge is -2.17. The lowest BCUT2D eigenvalue weighted by atomic mass is 10.1. The van der Waals surface area contributed by atoms with E-state index in [0.717, 1.165) is 30.3 Å². The standard InChI is InChI=1S/C22H29N3O7S/c1-15-11-19(17(3)24(15)16(2)13-31-4)21(26)14-32-22-8-7-18(12-20(22)25(27)28)33(29,30)23-9-5-6-10-23/h7-8,11-12,16H,5-6,9-10,13-14H2,1-4H3/t16-/m1/s1. The van der Waals surface area contributed by atoms with Crippen LogP contribution in [-0.4, -0.2) is 61.4 Å². The average Bonchev–Trinajstić information content (AvgIpc) is 3.40. The van der Waals surface area contributed by atoms with Gasteiger partial charge in [0.15, 0.2) is 12.4 Å². The van der Waals surface area contributed by atoms with Crippen molar-refractivity contribution in [1.29, 1.82) is 0 Å². The first-order valence-electron chi connectivity index (χ1n) is 10.7. The van der Waals surface area contributed by atoms with Crippen LogP contribution in [0.25, 0.3) is 0 Å². The molecule has 2 aromatic rings. The molecule has 0 spiro atoms. The molecular formula is C22H29N3O7S. The first-order valence-corrected chi connectivity index (χ1v) is 12.1. The second-order valence-electron chi connectivity index (χ2n) is 8.17. The van der Waals surface area contributed by atoms with Gasteiger partial charge < -0.3 is 14.0 Å². The molecule has 1 aromatic heterocycles. The zero-order valence-electron chi connectivity index (χ0n) is 19.2. The molecular weight excluding hydrogens is 450 g/mol. The predicted molar refractivity (Wildman–Crippen MR) is 121 cm³/mol. The number of sulfonamides is 1. The van der Waals surface area contributed by atoms with E-state index in [2.05, 4.69) is 0 Å². The Bertz CT molecular complexity index is 1150. The third-order valence-corrected chi connectivity index (χ3v) is 7.72. The van der Waals surface area contributed by atoms with Crippen LogP contribution in [0, 0.1) is 24.0 Å². The average molecular weight is 480 g/mol. The Morgan fingerprint density at radius 3 is 2.48 bits per heavy atom. The summed E-state index contributed by atoms with van der Waals surface area (Å²) in [6, 6.07) is 5.29. The van der Waals surface area contributed by atoms with Gasteiger partial charge in [-0.25, -0.2) is 8.42 Å². The molecule has 180 valence electrons. The van der Waals surface area contributed by atoms with E-state index < -0.39 is 27.2 Å². The van der Waals surface area contributed by atoms with Crippen LogP contribution >= 0.6 is 0 Å². The Morgan fingerprint density at radius 1 is 1.21 bits per heavy atom. The number of ether oxygens (including phenoxy) is 2. The molecule has 0 bridgehead atoms. The van der Waals surface area contributed by atoms with Crippen LogP contribution in [0.3, 0.4) is 0 Å². The summed E-state index contributed by atoms with van der Waals surface area (Å²) in [7, 11) is -2.20. The number of ketones is 1. The summed E-state index contributed by atoms with van der Waals surface area (Å²) in [6.07, 6.45) is 1.52. The van der Waals surface area contributed by atoms with Gasteiger partial charge in [0, 0.05) is 43.2 Å². The molecule has 0 saturated carbocycles. The van der Waals surface area contributed by atoms with E-state index in [1.165, 1.54) is 16.4 Å². The number of Topliss-reactive ketones (excluding diaryl/α,β-unsaturated/α-hetero) is 1. The molecule has 0 radical (unpaired) electrons. The summed E-state index contributed by atoms with van der Waals surface area (Å²) < 4.78 is 39.5. The molecule has 3 rings (SSSR count). The summed E-state index contributed by atoms with van der Waals surface area (Å²) in [4.78, 5) is 23.5. The van der Waals surface area contributed by atoms with Crippen molar-refractivity contribution in [2.24, 2.45) is 0 Å². The number of hydrogen-bond acceptors (Lipinski definition) is 7. The van der Waals surface area contributed by atoms with Crippen molar-refractivity contribution in [1.82, 2.24) is 8.87 Å². The Balaban J connectivity index is 1.81. The van der Waals surface area contributed by atoms with Crippen LogP contribution < -0.4 is 4.74 Å². The SMILES string of the molecule is COC[C@@H](C)n1c(C)cc(C(=O)COc2ccc(S(=O)(=O)N3CCCC3)cc2[N+](=O)[O-])c1C. The number of nitro benzene ring substituents is 1. The molecule has 33 heavy (non-hydrogen) atoms. The summed E-state index contributed by atoms with van der Waals surface area (Å²) in [5, 5.41) is 11.6. The van der Waals surface area contributed by atoms with Crippen molar-refractivity contribution in [3.63, 3.8) is 0 Å². The van der Waals surface area contributed by atoms with E-state index in [1.54, 1.807) is 13.2 Å². The Hall–Kier alpha value is -2.76. The van der Waals surface area contributed by atoms with Gasteiger partial charge in [0.05, 0.1) is 22.5 Å². The molecule has 1 saturated heterocycles. The third-order valence-electron chi connectivity index (χ3n) is 5.82. The smallest absolute Gasteiger partial charge is 0.312 e. The maximum atomic E-state index is 12.8. The van der Waals surface area contributed by atoms with E-state index in [1.807, 2.05) is 25.3 Å². The second-order valence-corrected chi connectivity index (χ2v) is 10.1. The van der Waals surface area contributed by atoms with Gasteiger partial charge >= 0.3 is 5.69 Å². The number of carbonyl (C=O) groups excluding carboxylic acids is 1. The summed E-state index contributed by atoms with van der Waals surface area (Å²) in [6.45, 7) is 6.55. The molecule has 1 atom stereocenters. The molecule has 0 unspecified atom stereocenters. The molecule has 10 nitrogen and oxygen atoms in total. The molecule has 2 heterocycles. The lowest BCUT2D eigenvalue weighted by Crippen LogP contribution is -2.27. The van der Waals surface area contributed by atoms with Crippen molar-refractivity contribution in [2.45, 2.75) is 44.6 Å². The van der Waals surface area contributed by atoms with Gasteiger partial charge in [-0.1, -0.05) is 0 Å². The lowest BCUT2D eigenvalue weighted by molar-refractivity contribution is -0.386. The predicted octanol–water partition coefficient (Wildman–Crippen LogP) is 3.27. The molecule has 1 aliphatic heterocycles. The van der Waals surface area contributed by atoms with Gasteiger partial charge in [-0.05, 0) is 51.8 Å². The highest BCUT2D eigenvalue weighted by Crippen LogP contribution is 2.32. The van der Waals surface area contributed by atoms with Crippen molar-refractivity contribution < 1.29 is 27.6 Å².